The molecular formula is C25H24N2O3. The quantitative estimate of drug-likeness (QED) is 0.547. The van der Waals surface area contributed by atoms with Crippen molar-refractivity contribution in [2.45, 2.75) is 32.4 Å². The molecule has 0 N–H and O–H groups in total. The second-order valence-electron chi connectivity index (χ2n) is 7.39. The Morgan fingerprint density at radius 3 is 2.47 bits per heavy atom. The molecular weight excluding hydrogens is 376 g/mol. The fraction of sp³-hybridized carbons (Fsp3) is 0.240. The van der Waals surface area contributed by atoms with Crippen molar-refractivity contribution in [1.29, 1.82) is 0 Å². The molecule has 0 saturated heterocycles. The molecule has 1 amide bonds. The van der Waals surface area contributed by atoms with Crippen LogP contribution in [0, 0.1) is 0 Å². The molecule has 0 aliphatic carbocycles. The number of Topliss-reactive ketones (excluding diaryl/α,β-unsaturated/α-hetero) is 1. The second-order valence-corrected chi connectivity index (χ2v) is 7.39. The van der Waals surface area contributed by atoms with E-state index >= 15 is 0 Å². The number of rotatable bonds is 7. The maximum absolute atomic E-state index is 13.1. The lowest BCUT2D eigenvalue weighted by Gasteiger charge is -2.23. The Bertz CT molecular complexity index is 1090. The van der Waals surface area contributed by atoms with E-state index in [1.807, 2.05) is 55.5 Å². The number of carbonyl (C=O) groups is 2. The first-order valence-corrected chi connectivity index (χ1v) is 10.2. The Morgan fingerprint density at radius 1 is 1.00 bits per heavy atom. The number of ketones is 1. The van der Waals surface area contributed by atoms with Gasteiger partial charge in [-0.2, -0.15) is 0 Å². The van der Waals surface area contributed by atoms with Crippen LogP contribution in [0.25, 0.3) is 10.8 Å². The molecule has 1 aliphatic heterocycles. The van der Waals surface area contributed by atoms with E-state index in [4.69, 9.17) is 4.74 Å². The molecule has 5 heteroatoms. The van der Waals surface area contributed by atoms with E-state index in [1.165, 1.54) is 0 Å². The van der Waals surface area contributed by atoms with Crippen LogP contribution in [0.2, 0.25) is 0 Å². The third-order valence-corrected chi connectivity index (χ3v) is 5.25. The number of ether oxygens (including phenoxy) is 1. The lowest BCUT2D eigenvalue weighted by Crippen LogP contribution is -2.33. The van der Waals surface area contributed by atoms with E-state index in [0.29, 0.717) is 13.1 Å². The van der Waals surface area contributed by atoms with Crippen molar-refractivity contribution < 1.29 is 14.3 Å². The van der Waals surface area contributed by atoms with E-state index < -0.39 is 0 Å². The highest BCUT2D eigenvalue weighted by Crippen LogP contribution is 2.22. The Hall–Kier alpha value is -3.47. The van der Waals surface area contributed by atoms with Gasteiger partial charge in [0.2, 0.25) is 11.7 Å². The molecule has 1 heterocycles. The van der Waals surface area contributed by atoms with Crippen LogP contribution >= 0.6 is 0 Å². The number of para-hydroxylation sites is 1. The molecule has 0 bridgehead atoms. The summed E-state index contributed by atoms with van der Waals surface area (Å²) in [6.45, 7) is 2.84. The Kier molecular flexibility index (Phi) is 5.89. The first-order valence-electron chi connectivity index (χ1n) is 10.2. The predicted octanol–water partition coefficient (Wildman–Crippen LogP) is 4.54. The summed E-state index contributed by atoms with van der Waals surface area (Å²) < 4.78 is 5.55. The average Bonchev–Trinajstić information content (AvgIpc) is 3.27. The number of benzene rings is 3. The van der Waals surface area contributed by atoms with Gasteiger partial charge in [-0.1, -0.05) is 61.5 Å². The number of hydrogen-bond donors (Lipinski definition) is 0. The minimum absolute atomic E-state index is 0.0677. The zero-order valence-electron chi connectivity index (χ0n) is 17.0. The minimum atomic E-state index is -0.365. The molecule has 0 aromatic heterocycles. The first-order chi connectivity index (χ1) is 14.6. The van der Waals surface area contributed by atoms with Crippen LogP contribution in [-0.2, 0) is 20.9 Å². The van der Waals surface area contributed by atoms with Crippen molar-refractivity contribution in [1.82, 2.24) is 0 Å². The van der Waals surface area contributed by atoms with E-state index in [0.717, 1.165) is 28.4 Å². The van der Waals surface area contributed by atoms with E-state index in [1.54, 1.807) is 4.90 Å². The van der Waals surface area contributed by atoms with E-state index in [-0.39, 0.29) is 30.1 Å². The van der Waals surface area contributed by atoms with Crippen molar-refractivity contribution in [3.05, 3.63) is 78.4 Å². The summed E-state index contributed by atoms with van der Waals surface area (Å²) >= 11 is 0. The summed E-state index contributed by atoms with van der Waals surface area (Å²) in [5.41, 5.74) is 1.75. The fourth-order valence-corrected chi connectivity index (χ4v) is 3.54. The fourth-order valence-electron chi connectivity index (χ4n) is 3.54. The van der Waals surface area contributed by atoms with Crippen molar-refractivity contribution in [2.75, 3.05) is 11.4 Å². The van der Waals surface area contributed by atoms with Crippen LogP contribution < -0.4 is 4.90 Å². The molecule has 1 atom stereocenters. The highest BCUT2D eigenvalue weighted by atomic mass is 16.5. The van der Waals surface area contributed by atoms with Gasteiger partial charge in [0.15, 0.2) is 0 Å². The summed E-state index contributed by atoms with van der Waals surface area (Å²) in [6.07, 6.45) is 0.450. The highest BCUT2D eigenvalue weighted by Gasteiger charge is 2.27. The second kappa shape index (κ2) is 8.91. The van der Waals surface area contributed by atoms with Gasteiger partial charge in [-0.25, -0.2) is 4.99 Å². The van der Waals surface area contributed by atoms with Gasteiger partial charge >= 0.3 is 0 Å². The lowest BCUT2D eigenvalue weighted by molar-refractivity contribution is -0.124. The van der Waals surface area contributed by atoms with Gasteiger partial charge in [0.25, 0.3) is 5.90 Å². The summed E-state index contributed by atoms with van der Waals surface area (Å²) in [4.78, 5) is 31.5. The number of amides is 1. The molecule has 3 aromatic rings. The lowest BCUT2D eigenvalue weighted by atomic mass is 10.1. The third kappa shape index (κ3) is 4.40. The van der Waals surface area contributed by atoms with E-state index in [2.05, 4.69) is 29.3 Å². The van der Waals surface area contributed by atoms with E-state index in [9.17, 15) is 9.59 Å². The molecule has 30 heavy (non-hydrogen) atoms. The smallest absolute Gasteiger partial charge is 0.254 e. The van der Waals surface area contributed by atoms with Crippen LogP contribution in [0.15, 0.2) is 77.8 Å². The zero-order valence-corrected chi connectivity index (χ0v) is 17.0. The Balaban J connectivity index is 1.55. The van der Waals surface area contributed by atoms with Gasteiger partial charge in [-0.3, -0.25) is 9.59 Å². The third-order valence-electron chi connectivity index (χ3n) is 5.25. The number of fused-ring (bicyclic) bond motifs is 1. The molecule has 5 nitrogen and oxygen atoms in total. The number of hydrogen-bond acceptors (Lipinski definition) is 4. The highest BCUT2D eigenvalue weighted by molar-refractivity contribution is 6.40. The molecule has 0 fully saturated rings. The summed E-state index contributed by atoms with van der Waals surface area (Å²) in [6, 6.07) is 23.7. The van der Waals surface area contributed by atoms with Crippen LogP contribution in [0.4, 0.5) is 5.69 Å². The average molecular weight is 400 g/mol. The maximum Gasteiger partial charge on any atom is 0.254 e. The maximum atomic E-state index is 13.1. The molecule has 0 radical (unpaired) electrons. The molecule has 0 saturated carbocycles. The first kappa shape index (κ1) is 19.8. The van der Waals surface area contributed by atoms with Crippen LogP contribution in [0.5, 0.6) is 0 Å². The van der Waals surface area contributed by atoms with Crippen molar-refractivity contribution in [3.8, 4) is 0 Å². The predicted molar refractivity (Wildman–Crippen MR) is 119 cm³/mol. The summed E-state index contributed by atoms with van der Waals surface area (Å²) in [5.74, 6) is -0.560. The van der Waals surface area contributed by atoms with Gasteiger partial charge in [0.1, 0.15) is 6.10 Å². The standard InChI is InChI=1S/C25H24N2O3/c1-2-22-16-26-25(30-22)23(28)15-24(29)27(21-10-4-3-5-11-21)17-18-12-13-19-8-6-7-9-20(19)14-18/h3-14,22H,2,15-17H2,1H3. The molecule has 4 rings (SSSR count). The number of anilines is 1. The van der Waals surface area contributed by atoms with Crippen LogP contribution in [0.1, 0.15) is 25.3 Å². The Morgan fingerprint density at radius 2 is 1.73 bits per heavy atom. The van der Waals surface area contributed by atoms with Gasteiger partial charge in [-0.05, 0) is 41.0 Å². The van der Waals surface area contributed by atoms with Crippen LogP contribution in [-0.4, -0.2) is 30.2 Å². The molecule has 3 aromatic carbocycles. The molecule has 1 unspecified atom stereocenters. The number of nitrogens with zero attached hydrogens (tertiary/aromatic N) is 2. The normalized spacial score (nSPS) is 15.5. The molecule has 152 valence electrons. The van der Waals surface area contributed by atoms with Crippen LogP contribution in [0.3, 0.4) is 0 Å². The Labute approximate surface area is 176 Å². The van der Waals surface area contributed by atoms with Crippen molar-refractivity contribution in [2.24, 2.45) is 4.99 Å². The molecule has 0 spiro atoms. The monoisotopic (exact) mass is 400 g/mol. The number of carbonyl (C=O) groups excluding carboxylic acids is 2. The van der Waals surface area contributed by atoms with Crippen molar-refractivity contribution >= 4 is 34.0 Å². The van der Waals surface area contributed by atoms with Crippen molar-refractivity contribution in [3.63, 3.8) is 0 Å². The van der Waals surface area contributed by atoms with Gasteiger partial charge in [-0.15, -0.1) is 0 Å². The topological polar surface area (TPSA) is 59.0 Å². The van der Waals surface area contributed by atoms with Gasteiger partial charge in [0, 0.05) is 5.69 Å². The summed E-state index contributed by atoms with van der Waals surface area (Å²) in [7, 11) is 0. The minimum Gasteiger partial charge on any atom is -0.470 e. The number of aliphatic imine (C=N–C) groups is 1. The SMILES string of the molecule is CCC1CN=C(C(=O)CC(=O)N(Cc2ccc3ccccc3c2)c2ccccc2)O1. The van der Waals surface area contributed by atoms with Gasteiger partial charge < -0.3 is 9.64 Å². The largest absolute Gasteiger partial charge is 0.470 e. The zero-order chi connectivity index (χ0) is 20.9. The summed E-state index contributed by atoms with van der Waals surface area (Å²) in [5, 5.41) is 2.27. The van der Waals surface area contributed by atoms with Gasteiger partial charge in [0.05, 0.1) is 19.5 Å². The molecule has 1 aliphatic rings.